The molecular formula is C60H39N. The van der Waals surface area contributed by atoms with Crippen molar-refractivity contribution in [1.82, 2.24) is 0 Å². The SMILES string of the molecule is c1ccc(N(c2ccc(-c3cccc4ccccc34)cc2)c2cccc3c2-c2ccccc2C24c5ccccc5-c5ccccc5C32c2ccccc2-c2ccccc24)cc1. The fourth-order valence-electron chi connectivity index (χ4n) is 11.9. The van der Waals surface area contributed by atoms with Crippen LogP contribution in [0, 0.1) is 0 Å². The van der Waals surface area contributed by atoms with E-state index in [0.717, 1.165) is 17.1 Å². The Kier molecular flexibility index (Phi) is 7.21. The van der Waals surface area contributed by atoms with E-state index in [4.69, 9.17) is 0 Å². The Balaban J connectivity index is 1.16. The van der Waals surface area contributed by atoms with E-state index in [1.165, 1.54) is 88.7 Å². The number of para-hydroxylation sites is 1. The maximum Gasteiger partial charge on any atom is 0.0648 e. The molecular weight excluding hydrogens is 735 g/mol. The van der Waals surface area contributed by atoms with E-state index < -0.39 is 10.8 Å². The van der Waals surface area contributed by atoms with Crippen LogP contribution >= 0.6 is 0 Å². The first-order valence-corrected chi connectivity index (χ1v) is 21.4. The summed E-state index contributed by atoms with van der Waals surface area (Å²) in [6.07, 6.45) is 0. The van der Waals surface area contributed by atoms with Crippen LogP contribution in [0.4, 0.5) is 17.1 Å². The molecule has 3 aliphatic rings. The monoisotopic (exact) mass is 773 g/mol. The van der Waals surface area contributed by atoms with Crippen molar-refractivity contribution >= 4 is 27.8 Å². The van der Waals surface area contributed by atoms with Gasteiger partial charge in [-0.3, -0.25) is 0 Å². The number of nitrogens with zero attached hydrogens (tertiary/aromatic N) is 1. The molecule has 13 rings (SSSR count). The average molecular weight is 774 g/mol. The van der Waals surface area contributed by atoms with E-state index in [9.17, 15) is 0 Å². The summed E-state index contributed by atoms with van der Waals surface area (Å²) < 4.78 is 0. The van der Waals surface area contributed by atoms with Crippen molar-refractivity contribution in [1.29, 1.82) is 0 Å². The summed E-state index contributed by atoms with van der Waals surface area (Å²) in [4.78, 5) is 2.48. The van der Waals surface area contributed by atoms with Gasteiger partial charge >= 0.3 is 0 Å². The lowest BCUT2D eigenvalue weighted by Crippen LogP contribution is -2.58. The minimum absolute atomic E-state index is 0.581. The van der Waals surface area contributed by atoms with Gasteiger partial charge in [0.2, 0.25) is 0 Å². The molecule has 1 nitrogen and oxygen atoms in total. The second-order valence-electron chi connectivity index (χ2n) is 16.7. The molecule has 0 heterocycles. The highest BCUT2D eigenvalue weighted by molar-refractivity contribution is 6.03. The summed E-state index contributed by atoms with van der Waals surface area (Å²) in [5.74, 6) is 0. The van der Waals surface area contributed by atoms with Crippen molar-refractivity contribution in [2.24, 2.45) is 0 Å². The van der Waals surface area contributed by atoms with Crippen molar-refractivity contribution < 1.29 is 0 Å². The zero-order valence-electron chi connectivity index (χ0n) is 33.5. The van der Waals surface area contributed by atoms with Gasteiger partial charge in [-0.15, -0.1) is 0 Å². The van der Waals surface area contributed by atoms with Gasteiger partial charge in [0.15, 0.2) is 0 Å². The van der Waals surface area contributed by atoms with E-state index >= 15 is 0 Å². The fourth-order valence-corrected chi connectivity index (χ4v) is 11.9. The third-order valence-corrected chi connectivity index (χ3v) is 14.0. The first-order chi connectivity index (χ1) is 30.3. The normalized spacial score (nSPS) is 17.3. The Morgan fingerprint density at radius 2 is 0.656 bits per heavy atom. The molecule has 0 saturated carbocycles. The zero-order chi connectivity index (χ0) is 40.1. The van der Waals surface area contributed by atoms with Crippen LogP contribution in [-0.4, -0.2) is 0 Å². The van der Waals surface area contributed by atoms with Crippen LogP contribution in [0.2, 0.25) is 0 Å². The molecule has 0 atom stereocenters. The smallest absolute Gasteiger partial charge is 0.0648 e. The molecule has 0 unspecified atom stereocenters. The molecule has 284 valence electrons. The van der Waals surface area contributed by atoms with E-state index in [2.05, 4.69) is 241 Å². The second kappa shape index (κ2) is 12.9. The predicted octanol–water partition coefficient (Wildman–Crippen LogP) is 15.3. The summed E-state index contributed by atoms with van der Waals surface area (Å²) >= 11 is 0. The molecule has 0 spiro atoms. The van der Waals surface area contributed by atoms with Crippen LogP contribution in [0.3, 0.4) is 0 Å². The van der Waals surface area contributed by atoms with Gasteiger partial charge in [0, 0.05) is 16.9 Å². The van der Waals surface area contributed by atoms with Gasteiger partial charge in [-0.2, -0.15) is 0 Å². The van der Waals surface area contributed by atoms with Crippen LogP contribution in [0.15, 0.2) is 237 Å². The first kappa shape index (κ1) is 34.2. The Morgan fingerprint density at radius 3 is 1.25 bits per heavy atom. The molecule has 10 aromatic carbocycles. The van der Waals surface area contributed by atoms with Gasteiger partial charge in [-0.05, 0) is 113 Å². The molecule has 0 radical (unpaired) electrons. The topological polar surface area (TPSA) is 3.24 Å². The van der Waals surface area contributed by atoms with Crippen LogP contribution in [-0.2, 0) is 10.8 Å². The lowest BCUT2D eigenvalue weighted by atomic mass is 9.38. The molecule has 3 aliphatic carbocycles. The van der Waals surface area contributed by atoms with Crippen molar-refractivity contribution in [2.75, 3.05) is 4.90 Å². The molecule has 61 heavy (non-hydrogen) atoms. The van der Waals surface area contributed by atoms with Crippen molar-refractivity contribution in [3.8, 4) is 44.5 Å². The number of hydrogen-bond donors (Lipinski definition) is 0. The predicted molar refractivity (Wildman–Crippen MR) is 253 cm³/mol. The highest BCUT2D eigenvalue weighted by atomic mass is 15.1. The van der Waals surface area contributed by atoms with E-state index in [0.29, 0.717) is 0 Å². The molecule has 0 aliphatic heterocycles. The maximum atomic E-state index is 2.48. The minimum atomic E-state index is -0.622. The Hall–Kier alpha value is -7.74. The van der Waals surface area contributed by atoms with Gasteiger partial charge in [-0.1, -0.05) is 206 Å². The van der Waals surface area contributed by atoms with Crippen LogP contribution in [0.5, 0.6) is 0 Å². The highest BCUT2D eigenvalue weighted by Crippen LogP contribution is 2.73. The maximum absolute atomic E-state index is 2.48. The van der Waals surface area contributed by atoms with Gasteiger partial charge < -0.3 is 4.90 Å². The number of rotatable bonds is 4. The molecule has 0 saturated heterocycles. The van der Waals surface area contributed by atoms with Crippen molar-refractivity contribution in [3.63, 3.8) is 0 Å². The number of hydrogen-bond acceptors (Lipinski definition) is 1. The molecule has 0 bridgehead atoms. The van der Waals surface area contributed by atoms with Crippen LogP contribution in [0.1, 0.15) is 33.4 Å². The minimum Gasteiger partial charge on any atom is -0.310 e. The number of anilines is 3. The molecule has 0 amide bonds. The van der Waals surface area contributed by atoms with E-state index in [1.54, 1.807) is 0 Å². The fraction of sp³-hybridized carbons (Fsp3) is 0.0333. The first-order valence-electron chi connectivity index (χ1n) is 21.4. The van der Waals surface area contributed by atoms with Gasteiger partial charge in [0.05, 0.1) is 16.5 Å². The molecule has 1 heteroatoms. The molecule has 10 aromatic rings. The van der Waals surface area contributed by atoms with Gasteiger partial charge in [-0.25, -0.2) is 0 Å². The third-order valence-electron chi connectivity index (χ3n) is 14.0. The lowest BCUT2D eigenvalue weighted by Gasteiger charge is -2.62. The highest BCUT2D eigenvalue weighted by Gasteiger charge is 2.67. The molecule has 0 N–H and O–H groups in total. The number of fused-ring (bicyclic) bond motifs is 10. The van der Waals surface area contributed by atoms with E-state index in [1.807, 2.05) is 0 Å². The van der Waals surface area contributed by atoms with Gasteiger partial charge in [0.1, 0.15) is 0 Å². The zero-order valence-corrected chi connectivity index (χ0v) is 33.5. The summed E-state index contributed by atoms with van der Waals surface area (Å²) in [5, 5.41) is 2.51. The van der Waals surface area contributed by atoms with E-state index in [-0.39, 0.29) is 0 Å². The number of benzene rings is 10. The van der Waals surface area contributed by atoms with Crippen molar-refractivity contribution in [2.45, 2.75) is 10.8 Å². The van der Waals surface area contributed by atoms with Gasteiger partial charge in [0.25, 0.3) is 0 Å². The van der Waals surface area contributed by atoms with Crippen LogP contribution < -0.4 is 4.90 Å². The summed E-state index contributed by atoms with van der Waals surface area (Å²) in [6, 6.07) is 88.8. The second-order valence-corrected chi connectivity index (χ2v) is 16.7. The Morgan fingerprint density at radius 1 is 0.262 bits per heavy atom. The van der Waals surface area contributed by atoms with Crippen molar-refractivity contribution in [3.05, 3.63) is 270 Å². The molecule has 0 aromatic heterocycles. The third kappa shape index (κ3) is 4.40. The largest absolute Gasteiger partial charge is 0.310 e. The quantitative estimate of drug-likeness (QED) is 0.172. The average Bonchev–Trinajstić information content (AvgIpc) is 3.34. The summed E-state index contributed by atoms with van der Waals surface area (Å²) in [6.45, 7) is 0. The van der Waals surface area contributed by atoms with Crippen LogP contribution in [0.25, 0.3) is 55.3 Å². The molecule has 0 fully saturated rings. The Labute approximate surface area is 356 Å². The summed E-state index contributed by atoms with van der Waals surface area (Å²) in [5.41, 5.74) is 20.4. The lowest BCUT2D eigenvalue weighted by molar-refractivity contribution is 0.405. The summed E-state index contributed by atoms with van der Waals surface area (Å²) in [7, 11) is 0. The Bertz CT molecular complexity index is 3280. The standard InChI is InChI=1S/C60H39N/c1-2-20-42(21-3-1)61(43-38-36-41(37-39-43)45-28-16-19-40-18-4-5-22-44(40)45)57-35-17-34-56-58(57)50-27-10-15-33-55(50)59-51-29-11-6-23-46(51)48-25-8-13-31-53(48)60(56,59)54-32-14-9-26-49(54)47-24-7-12-30-52(47)59/h1-39H.